The molecule has 0 spiro atoms. The molecule has 1 aliphatic rings. The molecule has 0 unspecified atom stereocenters. The molecule has 0 radical (unpaired) electrons. The van der Waals surface area contributed by atoms with Gasteiger partial charge in [0.15, 0.2) is 0 Å². The molecule has 8 aromatic carbocycles. The standard InChI is InChI=1S/C74H76N4O2/c1-70(2,3)48-34-35-75-66(42-48)78-63-33-32-59-58-24-16-19-29-65(58)80-69(59)67(63)60-31-30-55(44-64(60)78)79-54-23-20-22-53(43-54)76-45-77(62-28-18-17-27-61(62)76)68-56(46-36-49(71(4,5)6)40-50(37-46)72(7,8)9)25-21-26-57(68)47-38-51(73(10,11)12)41-52(39-47)74(13,14)15/h16-44H,45H2,1-15H3/i16D,19D,24D,29D. The van der Waals surface area contributed by atoms with Crippen LogP contribution in [0.25, 0.3) is 71.8 Å². The van der Waals surface area contributed by atoms with Gasteiger partial charge in [-0.05, 0) is 133 Å². The molecule has 0 saturated heterocycles. The molecule has 11 aromatic rings. The lowest BCUT2D eigenvalue weighted by atomic mass is 9.77. The Morgan fingerprint density at radius 2 is 1.02 bits per heavy atom. The first kappa shape index (κ1) is 47.9. The minimum absolute atomic E-state index is 0.0779. The molecule has 0 saturated carbocycles. The number of rotatable bonds is 7. The minimum atomic E-state index is -0.329. The van der Waals surface area contributed by atoms with E-state index >= 15 is 0 Å². The van der Waals surface area contributed by atoms with Crippen LogP contribution in [0.4, 0.5) is 22.7 Å². The number of hydrogen-bond donors (Lipinski definition) is 0. The second-order valence-corrected chi connectivity index (χ2v) is 27.2. The van der Waals surface area contributed by atoms with Gasteiger partial charge < -0.3 is 19.0 Å². The highest BCUT2D eigenvalue weighted by molar-refractivity contribution is 6.24. The van der Waals surface area contributed by atoms with E-state index in [1.54, 1.807) is 0 Å². The van der Waals surface area contributed by atoms with Gasteiger partial charge in [-0.2, -0.15) is 0 Å². The van der Waals surface area contributed by atoms with Gasteiger partial charge in [0.2, 0.25) is 0 Å². The van der Waals surface area contributed by atoms with E-state index in [2.05, 4.69) is 227 Å². The summed E-state index contributed by atoms with van der Waals surface area (Å²) in [6, 6.07) is 51.7. The molecule has 0 bridgehead atoms. The number of fused-ring (bicyclic) bond motifs is 8. The summed E-state index contributed by atoms with van der Waals surface area (Å²) >= 11 is 0. The SMILES string of the molecule is [2H]c1c([2H])c([2H])c2c(oc3c2ccc2c3c3ccc(Oc4cccc(N5CN(c6c(-c7cc(C(C)(C)C)cc(C(C)(C)C)c7)cccc6-c6cc(C(C)(C)C)cc(C(C)(C)C)c6)c6ccccc65)c4)cc3n2-c2cc(C(C)(C)C)ccn2)c1[2H]. The molecule has 6 heteroatoms. The lowest BCUT2D eigenvalue weighted by Gasteiger charge is -2.31. The average molecular weight is 1060 g/mol. The third-order valence-corrected chi connectivity index (χ3v) is 16.2. The summed E-state index contributed by atoms with van der Waals surface area (Å²) in [7, 11) is 0. The molecule has 3 aromatic heterocycles. The predicted molar refractivity (Wildman–Crippen MR) is 339 cm³/mol. The molecule has 0 aliphatic carbocycles. The third-order valence-electron chi connectivity index (χ3n) is 16.2. The number of furan rings is 1. The number of aromatic nitrogens is 2. The van der Waals surface area contributed by atoms with Crippen LogP contribution < -0.4 is 14.5 Å². The fraction of sp³-hybridized carbons (Fsp3) is 0.284. The van der Waals surface area contributed by atoms with Crippen molar-refractivity contribution in [2.75, 3.05) is 16.5 Å². The van der Waals surface area contributed by atoms with Gasteiger partial charge in [0.05, 0.1) is 39.0 Å². The van der Waals surface area contributed by atoms with Crippen molar-refractivity contribution in [3.63, 3.8) is 0 Å². The summed E-state index contributed by atoms with van der Waals surface area (Å²) in [5.41, 5.74) is 17.2. The van der Waals surface area contributed by atoms with E-state index in [1.807, 2.05) is 42.6 Å². The summed E-state index contributed by atoms with van der Waals surface area (Å²) in [6.07, 6.45) is 1.85. The lowest BCUT2D eigenvalue weighted by Crippen LogP contribution is -2.25. The van der Waals surface area contributed by atoms with Crippen LogP contribution in [0.2, 0.25) is 0 Å². The number of hydrogen-bond acceptors (Lipinski definition) is 5. The molecule has 404 valence electrons. The molecule has 1 aliphatic heterocycles. The Balaban J connectivity index is 0.998. The van der Waals surface area contributed by atoms with Gasteiger partial charge in [0, 0.05) is 51.3 Å². The number of anilines is 4. The number of para-hydroxylation sites is 4. The number of pyridine rings is 1. The smallest absolute Gasteiger partial charge is 0.145 e. The van der Waals surface area contributed by atoms with E-state index < -0.39 is 0 Å². The lowest BCUT2D eigenvalue weighted by molar-refractivity contribution is 0.483. The van der Waals surface area contributed by atoms with Gasteiger partial charge in [-0.1, -0.05) is 195 Å². The Bertz CT molecular complexity index is 4320. The van der Waals surface area contributed by atoms with Gasteiger partial charge >= 0.3 is 0 Å². The van der Waals surface area contributed by atoms with Crippen LogP contribution >= 0.6 is 0 Å². The monoisotopic (exact) mass is 1060 g/mol. The quantitative estimate of drug-likeness (QED) is 0.159. The molecule has 4 heterocycles. The first-order valence-electron chi connectivity index (χ1n) is 30.2. The Kier molecular flexibility index (Phi) is 11.2. The van der Waals surface area contributed by atoms with E-state index in [0.29, 0.717) is 34.5 Å². The number of ether oxygens (including phenoxy) is 1. The van der Waals surface area contributed by atoms with Crippen molar-refractivity contribution < 1.29 is 14.6 Å². The highest BCUT2D eigenvalue weighted by atomic mass is 16.5. The van der Waals surface area contributed by atoms with Crippen molar-refractivity contribution in [1.29, 1.82) is 0 Å². The zero-order valence-corrected chi connectivity index (χ0v) is 49.2. The topological polar surface area (TPSA) is 46.7 Å². The van der Waals surface area contributed by atoms with Crippen LogP contribution in [0.1, 0.15) is 137 Å². The van der Waals surface area contributed by atoms with Gasteiger partial charge in [-0.25, -0.2) is 4.98 Å². The maximum atomic E-state index is 8.89. The highest BCUT2D eigenvalue weighted by Gasteiger charge is 2.33. The summed E-state index contributed by atoms with van der Waals surface area (Å²) in [6.45, 7) is 34.9. The molecule has 0 atom stereocenters. The molecule has 80 heavy (non-hydrogen) atoms. The predicted octanol–water partition coefficient (Wildman–Crippen LogP) is 20.9. The Morgan fingerprint density at radius 3 is 1.62 bits per heavy atom. The molecular formula is C74H76N4O2. The second-order valence-electron chi connectivity index (χ2n) is 27.2. The van der Waals surface area contributed by atoms with Crippen molar-refractivity contribution in [1.82, 2.24) is 9.55 Å². The van der Waals surface area contributed by atoms with Crippen LogP contribution in [0.5, 0.6) is 11.5 Å². The molecule has 0 amide bonds. The third kappa shape index (κ3) is 9.40. The normalized spacial score (nSPS) is 14.3. The fourth-order valence-electron chi connectivity index (χ4n) is 11.4. The van der Waals surface area contributed by atoms with Crippen LogP contribution in [0.15, 0.2) is 180 Å². The zero-order chi connectivity index (χ0) is 59.9. The van der Waals surface area contributed by atoms with Crippen molar-refractivity contribution in [2.45, 2.75) is 131 Å². The van der Waals surface area contributed by atoms with E-state index in [1.165, 1.54) is 44.5 Å². The maximum absolute atomic E-state index is 8.89. The summed E-state index contributed by atoms with van der Waals surface area (Å²) < 4.78 is 50.3. The highest BCUT2D eigenvalue weighted by Crippen LogP contribution is 2.52. The minimum Gasteiger partial charge on any atom is -0.457 e. The van der Waals surface area contributed by atoms with Crippen LogP contribution in [0, 0.1) is 0 Å². The van der Waals surface area contributed by atoms with E-state index in [4.69, 9.17) is 19.6 Å². The maximum Gasteiger partial charge on any atom is 0.145 e. The zero-order valence-electron chi connectivity index (χ0n) is 53.2. The largest absolute Gasteiger partial charge is 0.457 e. The Labute approximate surface area is 479 Å². The first-order valence-corrected chi connectivity index (χ1v) is 28.2. The van der Waals surface area contributed by atoms with Crippen molar-refractivity contribution in [3.8, 4) is 39.6 Å². The van der Waals surface area contributed by atoms with E-state index in [0.717, 1.165) is 55.9 Å². The number of benzene rings is 8. The van der Waals surface area contributed by atoms with E-state index in [-0.39, 0.29) is 56.8 Å². The van der Waals surface area contributed by atoms with Crippen molar-refractivity contribution >= 4 is 66.5 Å². The summed E-state index contributed by atoms with van der Waals surface area (Å²) in [4.78, 5) is 9.88. The van der Waals surface area contributed by atoms with Gasteiger partial charge in [0.25, 0.3) is 0 Å². The van der Waals surface area contributed by atoms with Crippen molar-refractivity contribution in [3.05, 3.63) is 204 Å². The van der Waals surface area contributed by atoms with Crippen LogP contribution in [-0.2, 0) is 27.1 Å². The molecule has 0 fully saturated rings. The fourth-order valence-corrected chi connectivity index (χ4v) is 11.4. The van der Waals surface area contributed by atoms with Crippen LogP contribution in [0.3, 0.4) is 0 Å². The second kappa shape index (κ2) is 18.8. The molecule has 0 N–H and O–H groups in total. The summed E-state index contributed by atoms with van der Waals surface area (Å²) in [5, 5.41) is 2.62. The molecular weight excluding hydrogens is 977 g/mol. The Morgan fingerprint density at radius 1 is 0.475 bits per heavy atom. The number of nitrogens with zero attached hydrogens (tertiary/aromatic N) is 4. The molecule has 6 nitrogen and oxygen atoms in total. The first-order chi connectivity index (χ1) is 39.4. The Hall–Kier alpha value is -8.09. The summed E-state index contributed by atoms with van der Waals surface area (Å²) in [5.74, 6) is 2.01. The average Bonchev–Trinajstić information content (AvgIpc) is 1.72. The van der Waals surface area contributed by atoms with Crippen LogP contribution in [-0.4, -0.2) is 16.2 Å². The van der Waals surface area contributed by atoms with E-state index in [9.17, 15) is 0 Å². The molecule has 12 rings (SSSR count). The van der Waals surface area contributed by atoms with Gasteiger partial charge in [-0.15, -0.1) is 0 Å². The van der Waals surface area contributed by atoms with Gasteiger partial charge in [0.1, 0.15) is 35.2 Å². The van der Waals surface area contributed by atoms with Gasteiger partial charge in [-0.3, -0.25) is 4.57 Å². The van der Waals surface area contributed by atoms with Crippen molar-refractivity contribution in [2.24, 2.45) is 0 Å².